The average Bonchev–Trinajstić information content (AvgIpc) is 2.96. The van der Waals surface area contributed by atoms with Crippen molar-refractivity contribution in [2.75, 3.05) is 6.54 Å². The lowest BCUT2D eigenvalue weighted by atomic mass is 10.0. The molecule has 0 bridgehead atoms. The summed E-state index contributed by atoms with van der Waals surface area (Å²) in [5, 5.41) is 4.30. The van der Waals surface area contributed by atoms with Crippen molar-refractivity contribution in [1.82, 2.24) is 18.9 Å². The van der Waals surface area contributed by atoms with E-state index in [4.69, 9.17) is 0 Å². The fraction of sp³-hybridized carbons (Fsp3) is 0.625. The van der Waals surface area contributed by atoms with Crippen molar-refractivity contribution in [3.63, 3.8) is 0 Å². The molecule has 1 saturated carbocycles. The number of rotatable bonds is 2. The average molecular weight is 334 g/mol. The van der Waals surface area contributed by atoms with Crippen LogP contribution in [0.5, 0.6) is 0 Å². The molecule has 6 nitrogen and oxygen atoms in total. The molecule has 0 spiro atoms. The van der Waals surface area contributed by atoms with E-state index in [0.29, 0.717) is 19.5 Å². The summed E-state index contributed by atoms with van der Waals surface area (Å²) in [6.45, 7) is 2.92. The van der Waals surface area contributed by atoms with Gasteiger partial charge in [0, 0.05) is 37.3 Å². The number of nitrogens with zero attached hydrogens (tertiary/aromatic N) is 4. The van der Waals surface area contributed by atoms with Gasteiger partial charge in [0.1, 0.15) is 0 Å². The molecule has 0 N–H and O–H groups in total. The van der Waals surface area contributed by atoms with Crippen LogP contribution in [0.1, 0.15) is 49.1 Å². The van der Waals surface area contributed by atoms with Crippen molar-refractivity contribution in [2.24, 2.45) is 0 Å². The molecular formula is C16H22N4O2S. The second-order valence-electron chi connectivity index (χ2n) is 6.67. The smallest absolute Gasteiger partial charge is 0.217 e. The Bertz CT molecular complexity index is 837. The summed E-state index contributed by atoms with van der Waals surface area (Å²) in [4.78, 5) is 4.42. The standard InChI is InChI=1S/C16H22N4O2S/c1-12-9-16-17-10-13-11-19(8-7-15(13)20(16)18-12)23(21,22)14-5-3-2-4-6-14/h9-10,14H,2-8,11H2,1H3. The molecule has 7 heteroatoms. The summed E-state index contributed by atoms with van der Waals surface area (Å²) in [7, 11) is -3.20. The normalized spacial score (nSPS) is 20.7. The lowest BCUT2D eigenvalue weighted by Gasteiger charge is -2.32. The highest BCUT2D eigenvalue weighted by Gasteiger charge is 2.35. The third-order valence-electron chi connectivity index (χ3n) is 5.07. The van der Waals surface area contributed by atoms with Gasteiger partial charge < -0.3 is 0 Å². The van der Waals surface area contributed by atoms with Crippen LogP contribution in [0.25, 0.3) is 5.65 Å². The van der Waals surface area contributed by atoms with E-state index in [1.807, 2.05) is 23.7 Å². The maximum atomic E-state index is 12.9. The molecule has 2 aromatic heterocycles. The highest BCUT2D eigenvalue weighted by Crippen LogP contribution is 2.29. The second kappa shape index (κ2) is 5.56. The van der Waals surface area contributed by atoms with Crippen molar-refractivity contribution in [3.8, 4) is 0 Å². The first-order valence-corrected chi connectivity index (χ1v) is 9.88. The molecule has 0 unspecified atom stereocenters. The summed E-state index contributed by atoms with van der Waals surface area (Å²) >= 11 is 0. The van der Waals surface area contributed by atoms with Crippen LogP contribution in [0.4, 0.5) is 0 Å². The molecule has 2 aromatic rings. The third kappa shape index (κ3) is 2.55. The fourth-order valence-corrected chi connectivity index (χ4v) is 5.84. The number of hydrogen-bond donors (Lipinski definition) is 0. The molecule has 4 rings (SSSR count). The van der Waals surface area contributed by atoms with Crippen molar-refractivity contribution in [3.05, 3.63) is 29.2 Å². The zero-order valence-corrected chi connectivity index (χ0v) is 14.2. The predicted molar refractivity (Wildman–Crippen MR) is 87.6 cm³/mol. The first-order chi connectivity index (χ1) is 11.1. The van der Waals surface area contributed by atoms with E-state index >= 15 is 0 Å². The molecule has 0 aromatic carbocycles. The highest BCUT2D eigenvalue weighted by atomic mass is 32.2. The van der Waals surface area contributed by atoms with Gasteiger partial charge in [-0.25, -0.2) is 17.9 Å². The van der Waals surface area contributed by atoms with E-state index in [-0.39, 0.29) is 5.25 Å². The summed E-state index contributed by atoms with van der Waals surface area (Å²) in [5.74, 6) is 0. The molecule has 0 radical (unpaired) electrons. The first kappa shape index (κ1) is 15.1. The molecule has 1 aliphatic heterocycles. The number of hydrogen-bond acceptors (Lipinski definition) is 4. The van der Waals surface area contributed by atoms with Crippen LogP contribution in [-0.4, -0.2) is 39.1 Å². The minimum absolute atomic E-state index is 0.193. The van der Waals surface area contributed by atoms with E-state index in [1.165, 1.54) is 0 Å². The molecule has 3 heterocycles. The van der Waals surface area contributed by atoms with E-state index in [1.54, 1.807) is 4.31 Å². The van der Waals surface area contributed by atoms with Crippen LogP contribution in [0.3, 0.4) is 0 Å². The van der Waals surface area contributed by atoms with Gasteiger partial charge in [0.2, 0.25) is 10.0 Å². The summed E-state index contributed by atoms with van der Waals surface area (Å²) < 4.78 is 29.3. The fourth-order valence-electron chi connectivity index (χ4n) is 3.82. The minimum atomic E-state index is -3.20. The molecule has 124 valence electrons. The molecule has 1 aliphatic carbocycles. The van der Waals surface area contributed by atoms with Gasteiger partial charge in [0.25, 0.3) is 0 Å². The summed E-state index contributed by atoms with van der Waals surface area (Å²) in [6.07, 6.45) is 7.35. The van der Waals surface area contributed by atoms with Gasteiger partial charge >= 0.3 is 0 Å². The van der Waals surface area contributed by atoms with Gasteiger partial charge in [-0.3, -0.25) is 0 Å². The van der Waals surface area contributed by atoms with Gasteiger partial charge in [0.15, 0.2) is 5.65 Å². The van der Waals surface area contributed by atoms with Gasteiger partial charge in [-0.2, -0.15) is 9.40 Å². The lowest BCUT2D eigenvalue weighted by Crippen LogP contribution is -2.43. The topological polar surface area (TPSA) is 67.6 Å². The molecule has 0 amide bonds. The molecule has 0 saturated heterocycles. The number of fused-ring (bicyclic) bond motifs is 3. The van der Waals surface area contributed by atoms with Crippen LogP contribution in [-0.2, 0) is 23.0 Å². The van der Waals surface area contributed by atoms with Gasteiger partial charge in [0.05, 0.1) is 16.6 Å². The maximum Gasteiger partial charge on any atom is 0.217 e. The second-order valence-corrected chi connectivity index (χ2v) is 8.89. The van der Waals surface area contributed by atoms with E-state index < -0.39 is 10.0 Å². The number of aromatic nitrogens is 3. The Hall–Kier alpha value is -1.47. The third-order valence-corrected chi connectivity index (χ3v) is 7.42. The van der Waals surface area contributed by atoms with Crippen LogP contribution in [0.15, 0.2) is 12.3 Å². The van der Waals surface area contributed by atoms with Crippen LogP contribution in [0, 0.1) is 6.92 Å². The Balaban J connectivity index is 1.64. The Morgan fingerprint density at radius 2 is 2.00 bits per heavy atom. The SMILES string of the molecule is Cc1cc2ncc3c(n2n1)CCN(S(=O)(=O)C1CCCCC1)C3. The number of sulfonamides is 1. The molecule has 1 fully saturated rings. The summed E-state index contributed by atoms with van der Waals surface area (Å²) in [5.41, 5.74) is 3.84. The Morgan fingerprint density at radius 3 is 2.78 bits per heavy atom. The zero-order chi connectivity index (χ0) is 16.0. The van der Waals surface area contributed by atoms with E-state index in [9.17, 15) is 8.42 Å². The molecular weight excluding hydrogens is 312 g/mol. The van der Waals surface area contributed by atoms with Gasteiger partial charge in [-0.05, 0) is 19.8 Å². The van der Waals surface area contributed by atoms with Crippen LogP contribution < -0.4 is 0 Å². The first-order valence-electron chi connectivity index (χ1n) is 8.38. The van der Waals surface area contributed by atoms with Crippen molar-refractivity contribution in [1.29, 1.82) is 0 Å². The minimum Gasteiger partial charge on any atom is -0.237 e. The number of aryl methyl sites for hydroxylation is 1. The Morgan fingerprint density at radius 1 is 1.22 bits per heavy atom. The van der Waals surface area contributed by atoms with Crippen molar-refractivity contribution < 1.29 is 8.42 Å². The largest absolute Gasteiger partial charge is 0.237 e. The van der Waals surface area contributed by atoms with E-state index in [0.717, 1.165) is 54.7 Å². The van der Waals surface area contributed by atoms with E-state index in [2.05, 4.69) is 10.1 Å². The Labute approximate surface area is 136 Å². The zero-order valence-electron chi connectivity index (χ0n) is 13.4. The van der Waals surface area contributed by atoms with Crippen molar-refractivity contribution in [2.45, 2.75) is 57.2 Å². The highest BCUT2D eigenvalue weighted by molar-refractivity contribution is 7.89. The predicted octanol–water partition coefficient (Wildman–Crippen LogP) is 2.06. The molecule has 0 atom stereocenters. The van der Waals surface area contributed by atoms with Crippen LogP contribution >= 0.6 is 0 Å². The van der Waals surface area contributed by atoms with Gasteiger partial charge in [-0.1, -0.05) is 19.3 Å². The molecule has 2 aliphatic rings. The lowest BCUT2D eigenvalue weighted by molar-refractivity contribution is 0.365. The molecule has 23 heavy (non-hydrogen) atoms. The Kier molecular flexibility index (Phi) is 3.65. The summed E-state index contributed by atoms with van der Waals surface area (Å²) in [6, 6.07) is 1.95. The van der Waals surface area contributed by atoms with Crippen LogP contribution in [0.2, 0.25) is 0 Å². The van der Waals surface area contributed by atoms with Gasteiger partial charge in [-0.15, -0.1) is 0 Å². The maximum absolute atomic E-state index is 12.9. The van der Waals surface area contributed by atoms with Crippen molar-refractivity contribution >= 4 is 15.7 Å². The quantitative estimate of drug-likeness (QED) is 0.843. The monoisotopic (exact) mass is 334 g/mol.